The van der Waals surface area contributed by atoms with Crippen LogP contribution in [0.25, 0.3) is 0 Å². The van der Waals surface area contributed by atoms with Crippen LogP contribution in [-0.4, -0.2) is 13.2 Å². The Labute approximate surface area is 57.4 Å². The van der Waals surface area contributed by atoms with Crippen LogP contribution in [-0.2, 0) is 4.74 Å². The van der Waals surface area contributed by atoms with Crippen LogP contribution in [0.1, 0.15) is 33.1 Å². The van der Waals surface area contributed by atoms with E-state index in [0.29, 0.717) is 5.41 Å². The molecule has 54 valence electrons. The van der Waals surface area contributed by atoms with E-state index in [9.17, 15) is 0 Å². The van der Waals surface area contributed by atoms with Gasteiger partial charge in [0.05, 0.1) is 6.61 Å². The lowest BCUT2D eigenvalue weighted by atomic mass is 10.1. The Kier molecular flexibility index (Phi) is 2.12. The molecule has 0 aromatic heterocycles. The van der Waals surface area contributed by atoms with Crippen molar-refractivity contribution in [3.63, 3.8) is 0 Å². The molecule has 0 atom stereocenters. The SMILES string of the molecule is CCOCC1(CC)CC1. The zero-order valence-corrected chi connectivity index (χ0v) is 6.44. The van der Waals surface area contributed by atoms with Gasteiger partial charge >= 0.3 is 0 Å². The van der Waals surface area contributed by atoms with E-state index in [0.717, 1.165) is 13.2 Å². The zero-order chi connectivity index (χ0) is 6.74. The quantitative estimate of drug-likeness (QED) is 0.564. The van der Waals surface area contributed by atoms with Crippen molar-refractivity contribution in [3.05, 3.63) is 0 Å². The highest BCUT2D eigenvalue weighted by atomic mass is 16.5. The monoisotopic (exact) mass is 128 g/mol. The van der Waals surface area contributed by atoms with Gasteiger partial charge in [-0.3, -0.25) is 0 Å². The molecule has 1 aliphatic rings. The molecule has 0 heterocycles. The number of hydrogen-bond acceptors (Lipinski definition) is 1. The molecule has 1 nitrogen and oxygen atoms in total. The lowest BCUT2D eigenvalue weighted by Crippen LogP contribution is -2.08. The van der Waals surface area contributed by atoms with Crippen molar-refractivity contribution in [1.82, 2.24) is 0 Å². The Hall–Kier alpha value is -0.0400. The molecule has 0 unspecified atom stereocenters. The molecule has 0 radical (unpaired) electrons. The normalized spacial score (nSPS) is 22.0. The maximum absolute atomic E-state index is 5.35. The minimum absolute atomic E-state index is 0.621. The molecule has 1 saturated carbocycles. The van der Waals surface area contributed by atoms with Crippen molar-refractivity contribution in [1.29, 1.82) is 0 Å². The van der Waals surface area contributed by atoms with Gasteiger partial charge in [0.1, 0.15) is 0 Å². The van der Waals surface area contributed by atoms with Gasteiger partial charge in [0.2, 0.25) is 0 Å². The smallest absolute Gasteiger partial charge is 0.0522 e. The second-order valence-electron chi connectivity index (χ2n) is 2.99. The third-order valence-electron chi connectivity index (χ3n) is 2.32. The molecular formula is C8H16O. The van der Waals surface area contributed by atoms with E-state index in [-0.39, 0.29) is 0 Å². The summed E-state index contributed by atoms with van der Waals surface area (Å²) in [6.45, 7) is 6.19. The Morgan fingerprint density at radius 3 is 2.33 bits per heavy atom. The highest BCUT2D eigenvalue weighted by molar-refractivity contribution is 4.91. The maximum atomic E-state index is 5.35. The van der Waals surface area contributed by atoms with Gasteiger partial charge in [0.25, 0.3) is 0 Å². The molecule has 0 aromatic carbocycles. The summed E-state index contributed by atoms with van der Waals surface area (Å²) in [6, 6.07) is 0. The molecule has 0 bridgehead atoms. The summed E-state index contributed by atoms with van der Waals surface area (Å²) in [5.74, 6) is 0. The van der Waals surface area contributed by atoms with Crippen molar-refractivity contribution in [2.24, 2.45) is 5.41 Å². The van der Waals surface area contributed by atoms with Crippen LogP contribution in [0, 0.1) is 5.41 Å². The first-order valence-corrected chi connectivity index (χ1v) is 3.91. The summed E-state index contributed by atoms with van der Waals surface area (Å²) in [4.78, 5) is 0. The van der Waals surface area contributed by atoms with Crippen LogP contribution in [0.3, 0.4) is 0 Å². The maximum Gasteiger partial charge on any atom is 0.0522 e. The highest BCUT2D eigenvalue weighted by Crippen LogP contribution is 2.48. The molecule has 0 spiro atoms. The average Bonchev–Trinajstić information content (AvgIpc) is 2.65. The van der Waals surface area contributed by atoms with Crippen LogP contribution in [0.5, 0.6) is 0 Å². The fraction of sp³-hybridized carbons (Fsp3) is 1.00. The van der Waals surface area contributed by atoms with Crippen molar-refractivity contribution in [2.75, 3.05) is 13.2 Å². The molecule has 1 fully saturated rings. The van der Waals surface area contributed by atoms with E-state index in [4.69, 9.17) is 4.74 Å². The predicted octanol–water partition coefficient (Wildman–Crippen LogP) is 2.21. The van der Waals surface area contributed by atoms with Crippen LogP contribution in [0.4, 0.5) is 0 Å². The third-order valence-corrected chi connectivity index (χ3v) is 2.32. The Morgan fingerprint density at radius 2 is 2.00 bits per heavy atom. The first-order chi connectivity index (χ1) is 4.33. The molecule has 0 amide bonds. The predicted molar refractivity (Wildman–Crippen MR) is 38.5 cm³/mol. The van der Waals surface area contributed by atoms with Gasteiger partial charge in [-0.15, -0.1) is 0 Å². The second-order valence-corrected chi connectivity index (χ2v) is 2.99. The van der Waals surface area contributed by atoms with Gasteiger partial charge in [0.15, 0.2) is 0 Å². The van der Waals surface area contributed by atoms with Gasteiger partial charge in [-0.25, -0.2) is 0 Å². The molecule has 1 heteroatoms. The van der Waals surface area contributed by atoms with Crippen LogP contribution in [0.15, 0.2) is 0 Å². The minimum atomic E-state index is 0.621. The summed E-state index contributed by atoms with van der Waals surface area (Å²) in [6.07, 6.45) is 4.08. The standard InChI is InChI=1S/C8H16O/c1-3-8(5-6-8)7-9-4-2/h3-7H2,1-2H3. The molecule has 0 aromatic rings. The molecule has 0 N–H and O–H groups in total. The van der Waals surface area contributed by atoms with Gasteiger partial charge in [-0.05, 0) is 31.6 Å². The van der Waals surface area contributed by atoms with Crippen LogP contribution < -0.4 is 0 Å². The molecule has 0 aliphatic heterocycles. The van der Waals surface area contributed by atoms with Crippen molar-refractivity contribution < 1.29 is 4.74 Å². The summed E-state index contributed by atoms with van der Waals surface area (Å²) in [7, 11) is 0. The number of ether oxygens (including phenoxy) is 1. The van der Waals surface area contributed by atoms with Gasteiger partial charge < -0.3 is 4.74 Å². The van der Waals surface area contributed by atoms with E-state index in [1.54, 1.807) is 0 Å². The summed E-state index contributed by atoms with van der Waals surface area (Å²) < 4.78 is 5.35. The molecule has 9 heavy (non-hydrogen) atoms. The Balaban J connectivity index is 2.10. The summed E-state index contributed by atoms with van der Waals surface area (Å²) >= 11 is 0. The van der Waals surface area contributed by atoms with Crippen molar-refractivity contribution in [2.45, 2.75) is 33.1 Å². The van der Waals surface area contributed by atoms with Gasteiger partial charge in [-0.2, -0.15) is 0 Å². The Morgan fingerprint density at radius 1 is 1.33 bits per heavy atom. The van der Waals surface area contributed by atoms with Crippen molar-refractivity contribution in [3.8, 4) is 0 Å². The molecule has 1 aliphatic carbocycles. The van der Waals surface area contributed by atoms with Crippen molar-refractivity contribution >= 4 is 0 Å². The molecular weight excluding hydrogens is 112 g/mol. The van der Waals surface area contributed by atoms with Gasteiger partial charge in [0, 0.05) is 6.61 Å². The van der Waals surface area contributed by atoms with E-state index < -0.39 is 0 Å². The lowest BCUT2D eigenvalue weighted by Gasteiger charge is -2.10. The number of rotatable bonds is 4. The van der Waals surface area contributed by atoms with E-state index in [1.807, 2.05) is 0 Å². The fourth-order valence-electron chi connectivity index (χ4n) is 1.10. The Bertz CT molecular complexity index is 84.6. The number of hydrogen-bond donors (Lipinski definition) is 0. The second kappa shape index (κ2) is 2.70. The lowest BCUT2D eigenvalue weighted by molar-refractivity contribution is 0.0989. The fourth-order valence-corrected chi connectivity index (χ4v) is 1.10. The van der Waals surface area contributed by atoms with Crippen LogP contribution in [0.2, 0.25) is 0 Å². The average molecular weight is 128 g/mol. The molecule has 0 saturated heterocycles. The zero-order valence-electron chi connectivity index (χ0n) is 6.44. The summed E-state index contributed by atoms with van der Waals surface area (Å²) in [5, 5.41) is 0. The molecule has 1 rings (SSSR count). The first kappa shape index (κ1) is 7.07. The topological polar surface area (TPSA) is 9.23 Å². The first-order valence-electron chi connectivity index (χ1n) is 3.91. The van der Waals surface area contributed by atoms with Crippen LogP contribution >= 0.6 is 0 Å². The van der Waals surface area contributed by atoms with Gasteiger partial charge in [-0.1, -0.05) is 6.92 Å². The summed E-state index contributed by atoms with van der Waals surface area (Å²) in [5.41, 5.74) is 0.621. The minimum Gasteiger partial charge on any atom is -0.381 e. The van der Waals surface area contributed by atoms with E-state index in [1.165, 1.54) is 19.3 Å². The largest absolute Gasteiger partial charge is 0.381 e. The highest BCUT2D eigenvalue weighted by Gasteiger charge is 2.40. The van der Waals surface area contributed by atoms with E-state index >= 15 is 0 Å². The van der Waals surface area contributed by atoms with E-state index in [2.05, 4.69) is 13.8 Å². The third kappa shape index (κ3) is 1.68.